The zero-order valence-electron chi connectivity index (χ0n) is 24.3. The first-order valence-corrected chi connectivity index (χ1v) is 14.2. The van der Waals surface area contributed by atoms with Crippen molar-refractivity contribution >= 4 is 11.9 Å². The number of esters is 2. The molecule has 0 radical (unpaired) electrons. The molecule has 0 aliphatic heterocycles. The lowest BCUT2D eigenvalue weighted by atomic mass is 9.70. The summed E-state index contributed by atoms with van der Waals surface area (Å²) < 4.78 is 12.2. The van der Waals surface area contributed by atoms with Crippen molar-refractivity contribution in [3.05, 3.63) is 28.6 Å². The predicted molar refractivity (Wildman–Crippen MR) is 144 cm³/mol. The Hall–Kier alpha value is -1.91. The number of carbonyl (C=O) groups excluding carboxylic acids is 2. The van der Waals surface area contributed by atoms with Crippen molar-refractivity contribution in [3.8, 4) is 0 Å². The van der Waals surface area contributed by atoms with Crippen LogP contribution in [0.3, 0.4) is 0 Å². The van der Waals surface area contributed by atoms with Gasteiger partial charge in [0.2, 0.25) is 0 Å². The molecule has 0 spiro atoms. The van der Waals surface area contributed by atoms with E-state index in [4.69, 9.17) is 9.47 Å². The van der Waals surface area contributed by atoms with Gasteiger partial charge in [0.05, 0.1) is 22.5 Å². The van der Waals surface area contributed by atoms with Crippen molar-refractivity contribution in [2.24, 2.45) is 47.3 Å². The second kappa shape index (κ2) is 11.6. The smallest absolute Gasteiger partial charge is 0.340 e. The molecule has 2 saturated carbocycles. The number of carbonyl (C=O) groups is 2. The third-order valence-corrected chi connectivity index (χ3v) is 9.63. The van der Waals surface area contributed by atoms with E-state index >= 15 is 0 Å². The van der Waals surface area contributed by atoms with Gasteiger partial charge in [0.1, 0.15) is 12.2 Å². The number of hydrogen-bond acceptors (Lipinski definition) is 5. The van der Waals surface area contributed by atoms with Crippen LogP contribution in [-0.2, 0) is 9.47 Å². The van der Waals surface area contributed by atoms with Crippen LogP contribution in [0.1, 0.15) is 113 Å². The summed E-state index contributed by atoms with van der Waals surface area (Å²) in [6.07, 6.45) is 3.87. The summed E-state index contributed by atoms with van der Waals surface area (Å²) in [7, 11) is 0. The van der Waals surface area contributed by atoms with E-state index in [-0.39, 0.29) is 24.1 Å². The zero-order chi connectivity index (χ0) is 26.9. The molecule has 0 bridgehead atoms. The molecule has 202 valence electrons. The Kier molecular flexibility index (Phi) is 9.27. The standard InChI is InChI=1S/C31H49NO4/c1-16(2)24-11-18(5)20(7)28(13-24)35-30(33)26-15-27(23(10)32-22(26)9)31(34)36-29-14-25(17(3)4)12-19(6)21(29)8/h15-21,24-25,28-29H,11-14H2,1-10H3/t18?,19?,20-,21-,24+,25+,28+,29+/m0/s1. The van der Waals surface area contributed by atoms with Crippen LogP contribution in [0.15, 0.2) is 6.07 Å². The molecule has 1 aromatic rings. The van der Waals surface area contributed by atoms with E-state index in [2.05, 4.69) is 60.4 Å². The van der Waals surface area contributed by atoms with Gasteiger partial charge in [-0.05, 0) is 92.9 Å². The average molecular weight is 500 g/mol. The van der Waals surface area contributed by atoms with E-state index in [0.717, 1.165) is 12.8 Å². The van der Waals surface area contributed by atoms with Crippen LogP contribution in [0, 0.1) is 61.2 Å². The summed E-state index contributed by atoms with van der Waals surface area (Å²) >= 11 is 0. The molecule has 3 rings (SSSR count). The summed E-state index contributed by atoms with van der Waals surface area (Å²) in [6, 6.07) is 1.65. The second-order valence-corrected chi connectivity index (χ2v) is 12.8. The highest BCUT2D eigenvalue weighted by Gasteiger charge is 2.38. The van der Waals surface area contributed by atoms with E-state index in [9.17, 15) is 9.59 Å². The molecule has 0 amide bonds. The molecule has 5 nitrogen and oxygen atoms in total. The minimum Gasteiger partial charge on any atom is -0.458 e. The summed E-state index contributed by atoms with van der Waals surface area (Å²) in [5.41, 5.74) is 1.91. The van der Waals surface area contributed by atoms with E-state index in [1.165, 1.54) is 12.8 Å². The lowest BCUT2D eigenvalue weighted by molar-refractivity contribution is -0.0257. The normalized spacial score (nSPS) is 33.0. The lowest BCUT2D eigenvalue weighted by Gasteiger charge is -2.40. The number of hydrogen-bond donors (Lipinski definition) is 0. The number of rotatable bonds is 6. The highest BCUT2D eigenvalue weighted by atomic mass is 16.5. The topological polar surface area (TPSA) is 65.5 Å². The second-order valence-electron chi connectivity index (χ2n) is 12.8. The Morgan fingerprint density at radius 2 is 1.08 bits per heavy atom. The van der Waals surface area contributed by atoms with E-state index in [1.807, 2.05) is 0 Å². The number of aromatic nitrogens is 1. The molecule has 2 unspecified atom stereocenters. The van der Waals surface area contributed by atoms with Crippen LogP contribution in [0.2, 0.25) is 0 Å². The summed E-state index contributed by atoms with van der Waals surface area (Å²) in [6.45, 7) is 21.5. The third kappa shape index (κ3) is 6.31. The molecule has 0 N–H and O–H groups in total. The molecule has 1 aromatic heterocycles. The fraction of sp³-hybridized carbons (Fsp3) is 0.774. The van der Waals surface area contributed by atoms with Gasteiger partial charge in [-0.1, -0.05) is 55.4 Å². The first-order chi connectivity index (χ1) is 16.8. The Bertz CT molecular complexity index is 867. The molecule has 2 aliphatic carbocycles. The minimum atomic E-state index is -0.387. The van der Waals surface area contributed by atoms with Crippen molar-refractivity contribution in [3.63, 3.8) is 0 Å². The maximum atomic E-state index is 13.3. The number of aryl methyl sites for hydroxylation is 2. The predicted octanol–water partition coefficient (Wildman–Crippen LogP) is 7.43. The Morgan fingerprint density at radius 1 is 0.722 bits per heavy atom. The number of pyridine rings is 1. The van der Waals surface area contributed by atoms with Gasteiger partial charge in [0, 0.05) is 0 Å². The lowest BCUT2D eigenvalue weighted by Crippen LogP contribution is -2.39. The van der Waals surface area contributed by atoms with Gasteiger partial charge in [-0.25, -0.2) is 9.59 Å². The van der Waals surface area contributed by atoms with Crippen LogP contribution < -0.4 is 0 Å². The van der Waals surface area contributed by atoms with Crippen molar-refractivity contribution in [2.45, 2.75) is 107 Å². The van der Waals surface area contributed by atoms with Crippen LogP contribution >= 0.6 is 0 Å². The highest BCUT2D eigenvalue weighted by molar-refractivity contribution is 5.96. The van der Waals surface area contributed by atoms with Crippen molar-refractivity contribution in [1.82, 2.24) is 4.98 Å². The third-order valence-electron chi connectivity index (χ3n) is 9.63. The average Bonchev–Trinajstić information content (AvgIpc) is 2.79. The number of nitrogens with zero attached hydrogens (tertiary/aromatic N) is 1. The quantitative estimate of drug-likeness (QED) is 0.381. The van der Waals surface area contributed by atoms with Crippen LogP contribution in [0.25, 0.3) is 0 Å². The first-order valence-electron chi connectivity index (χ1n) is 14.2. The Labute approximate surface area is 219 Å². The van der Waals surface area contributed by atoms with Crippen LogP contribution in [0.4, 0.5) is 0 Å². The molecule has 36 heavy (non-hydrogen) atoms. The fourth-order valence-electron chi connectivity index (χ4n) is 6.28. The van der Waals surface area contributed by atoms with Crippen LogP contribution in [0.5, 0.6) is 0 Å². The SMILES string of the molecule is Cc1nc(C)c(C(=O)O[C@@H]2C[C@H](C(C)C)CC(C)[C@@H]2C)cc1C(=O)O[C@@H]1C[C@H](C(C)C)CC(C)[C@@H]1C. The van der Waals surface area contributed by atoms with Gasteiger partial charge in [-0.15, -0.1) is 0 Å². The summed E-state index contributed by atoms with van der Waals surface area (Å²) in [5, 5.41) is 0. The molecule has 2 fully saturated rings. The van der Waals surface area contributed by atoms with Gasteiger partial charge in [0.25, 0.3) is 0 Å². The van der Waals surface area contributed by atoms with Crippen molar-refractivity contribution in [2.75, 3.05) is 0 Å². The fourth-order valence-corrected chi connectivity index (χ4v) is 6.28. The number of ether oxygens (including phenoxy) is 2. The molecule has 0 saturated heterocycles. The molecule has 0 aromatic carbocycles. The molecule has 1 heterocycles. The Morgan fingerprint density at radius 3 is 1.42 bits per heavy atom. The van der Waals surface area contributed by atoms with Crippen molar-refractivity contribution in [1.29, 1.82) is 0 Å². The monoisotopic (exact) mass is 499 g/mol. The minimum absolute atomic E-state index is 0.123. The van der Waals surface area contributed by atoms with Gasteiger partial charge in [-0.2, -0.15) is 0 Å². The van der Waals surface area contributed by atoms with Crippen molar-refractivity contribution < 1.29 is 19.1 Å². The maximum Gasteiger partial charge on any atom is 0.340 e. The van der Waals surface area contributed by atoms with E-state index < -0.39 is 0 Å². The first kappa shape index (κ1) is 28.7. The Balaban J connectivity index is 1.78. The van der Waals surface area contributed by atoms with Gasteiger partial charge in [-0.3, -0.25) is 4.98 Å². The van der Waals surface area contributed by atoms with Crippen LogP contribution in [-0.4, -0.2) is 29.1 Å². The van der Waals surface area contributed by atoms with Gasteiger partial charge >= 0.3 is 11.9 Å². The largest absolute Gasteiger partial charge is 0.458 e. The molecular weight excluding hydrogens is 450 g/mol. The molecule has 5 heteroatoms. The molecule has 2 aliphatic rings. The van der Waals surface area contributed by atoms with Gasteiger partial charge in [0.15, 0.2) is 0 Å². The zero-order valence-corrected chi connectivity index (χ0v) is 24.3. The highest BCUT2D eigenvalue weighted by Crippen LogP contribution is 2.40. The summed E-state index contributed by atoms with van der Waals surface area (Å²) in [5.74, 6) is 3.05. The van der Waals surface area contributed by atoms with E-state index in [1.54, 1.807) is 19.9 Å². The maximum absolute atomic E-state index is 13.3. The molecule has 8 atom stereocenters. The van der Waals surface area contributed by atoms with E-state index in [0.29, 0.717) is 69.9 Å². The molecular formula is C31H49NO4. The van der Waals surface area contributed by atoms with Gasteiger partial charge < -0.3 is 9.47 Å². The summed E-state index contributed by atoms with van der Waals surface area (Å²) in [4.78, 5) is 31.2.